The Morgan fingerprint density at radius 2 is 2.12 bits per heavy atom. The van der Waals surface area contributed by atoms with Gasteiger partial charge in [-0.05, 0) is 50.5 Å². The molecule has 3 aromatic rings. The van der Waals surface area contributed by atoms with Gasteiger partial charge in [0, 0.05) is 18.7 Å². The van der Waals surface area contributed by atoms with Gasteiger partial charge in [0.05, 0.1) is 41.8 Å². The molecule has 9 heteroatoms. The summed E-state index contributed by atoms with van der Waals surface area (Å²) in [6.45, 7) is 5.87. The van der Waals surface area contributed by atoms with Crippen molar-refractivity contribution in [3.8, 4) is 0 Å². The number of pyridine rings is 1. The number of fused-ring (bicyclic) bond motifs is 3. The summed E-state index contributed by atoms with van der Waals surface area (Å²) in [5.41, 5.74) is 2.90. The average Bonchev–Trinajstić information content (AvgIpc) is 3.42. The van der Waals surface area contributed by atoms with Crippen molar-refractivity contribution in [2.45, 2.75) is 44.7 Å². The number of hydrogen-bond acceptors (Lipinski definition) is 7. The van der Waals surface area contributed by atoms with E-state index in [1.54, 1.807) is 12.1 Å². The maximum atomic E-state index is 13.4. The lowest BCUT2D eigenvalue weighted by Crippen LogP contribution is -2.29. The van der Waals surface area contributed by atoms with Gasteiger partial charge in [-0.15, -0.1) is 0 Å². The van der Waals surface area contributed by atoms with Crippen LogP contribution < -0.4 is 10.9 Å². The molecule has 2 aromatic heterocycles. The molecule has 1 aromatic carbocycles. The largest absolute Gasteiger partial charge is 0.464 e. The van der Waals surface area contributed by atoms with Gasteiger partial charge in [-0.2, -0.15) is 0 Å². The Bertz CT molecular complexity index is 1330. The zero-order chi connectivity index (χ0) is 23.3. The third-order valence-corrected chi connectivity index (χ3v) is 6.91. The van der Waals surface area contributed by atoms with Crippen molar-refractivity contribution in [1.82, 2.24) is 14.5 Å². The van der Waals surface area contributed by atoms with Crippen LogP contribution in [0.5, 0.6) is 0 Å². The molecule has 5 rings (SSSR count). The summed E-state index contributed by atoms with van der Waals surface area (Å²) in [6, 6.07) is 6.96. The van der Waals surface area contributed by atoms with Gasteiger partial charge in [-0.1, -0.05) is 17.7 Å². The van der Waals surface area contributed by atoms with Gasteiger partial charge in [0.25, 0.3) is 5.56 Å². The lowest BCUT2D eigenvalue weighted by Gasteiger charge is -2.22. The van der Waals surface area contributed by atoms with Crippen LogP contribution in [0.15, 0.2) is 29.1 Å². The minimum Gasteiger partial charge on any atom is -0.464 e. The molecule has 0 saturated carbocycles. The molecule has 2 aliphatic heterocycles. The number of nitrogens with zero attached hydrogens (tertiary/aromatic N) is 3. The summed E-state index contributed by atoms with van der Waals surface area (Å²) in [5, 5.41) is 4.14. The number of hydrogen-bond donors (Lipinski definition) is 1. The normalized spacial score (nSPS) is 20.2. The van der Waals surface area contributed by atoms with E-state index >= 15 is 0 Å². The molecule has 4 heterocycles. The van der Waals surface area contributed by atoms with Crippen molar-refractivity contribution in [3.63, 3.8) is 0 Å². The second-order valence-corrected chi connectivity index (χ2v) is 9.25. The summed E-state index contributed by atoms with van der Waals surface area (Å²) < 4.78 is 12.4. The van der Waals surface area contributed by atoms with Gasteiger partial charge in [-0.3, -0.25) is 9.36 Å². The maximum Gasteiger partial charge on any atom is 0.358 e. The topological polar surface area (TPSA) is 95.3 Å². The number of anilines is 1. The van der Waals surface area contributed by atoms with E-state index < -0.39 is 5.97 Å². The van der Waals surface area contributed by atoms with E-state index in [0.717, 1.165) is 29.8 Å². The van der Waals surface area contributed by atoms with Crippen LogP contribution in [0.4, 0.5) is 5.69 Å². The van der Waals surface area contributed by atoms with Crippen molar-refractivity contribution in [3.05, 3.63) is 62.4 Å². The predicted octanol–water partition coefficient (Wildman–Crippen LogP) is 3.77. The van der Waals surface area contributed by atoms with Crippen LogP contribution >= 0.6 is 11.6 Å². The van der Waals surface area contributed by atoms with Crippen LogP contribution in [0.25, 0.3) is 10.9 Å². The van der Waals surface area contributed by atoms with Crippen molar-refractivity contribution >= 4 is 34.2 Å². The first-order valence-electron chi connectivity index (χ1n) is 11.0. The second-order valence-electron chi connectivity index (χ2n) is 8.86. The highest BCUT2D eigenvalue weighted by Crippen LogP contribution is 2.40. The summed E-state index contributed by atoms with van der Waals surface area (Å²) in [4.78, 5) is 34.9. The Hall–Kier alpha value is -2.97. The van der Waals surface area contributed by atoms with E-state index in [1.807, 2.05) is 30.5 Å². The molecule has 0 unspecified atom stereocenters. The molecule has 0 aliphatic carbocycles. The number of aryl methyl sites for hydroxylation is 1. The Balaban J connectivity index is 1.63. The predicted molar refractivity (Wildman–Crippen MR) is 125 cm³/mol. The summed E-state index contributed by atoms with van der Waals surface area (Å²) in [6.07, 6.45) is 1.74. The molecular formula is C24H25ClN4O4. The molecule has 2 atom stereocenters. The van der Waals surface area contributed by atoms with Crippen LogP contribution in [-0.4, -0.2) is 40.8 Å². The van der Waals surface area contributed by atoms with Crippen LogP contribution in [-0.2, 0) is 21.4 Å². The molecule has 172 valence electrons. The second kappa shape index (κ2) is 8.11. The van der Waals surface area contributed by atoms with Crippen molar-refractivity contribution < 1.29 is 14.3 Å². The quantitative estimate of drug-likeness (QED) is 0.460. The SMILES string of the molecule is COC(=O)c1nc(Cl)ccc1N[C@H](C)c1cc(C)cc2c(=O)n3c(nc12)[C@@]1(CCOC1)CC3. The van der Waals surface area contributed by atoms with Crippen LogP contribution in [0.2, 0.25) is 5.15 Å². The third kappa shape index (κ3) is 3.57. The number of benzene rings is 1. The number of ether oxygens (including phenoxy) is 2. The number of rotatable bonds is 4. The Labute approximate surface area is 195 Å². The van der Waals surface area contributed by atoms with Gasteiger partial charge in [0.2, 0.25) is 0 Å². The van der Waals surface area contributed by atoms with E-state index in [1.165, 1.54) is 7.11 Å². The van der Waals surface area contributed by atoms with E-state index in [-0.39, 0.29) is 27.9 Å². The standard InChI is InChI=1S/C24H25ClN4O4/c1-13-10-15(14(2)26-17-4-5-18(25)27-20(17)22(31)32-3)19-16(11-13)21(30)29-8-6-24(23(29)28-19)7-9-33-12-24/h4-5,10-11,14,26H,6-9,12H2,1-3H3/t14-,24-/m1/s1. The monoisotopic (exact) mass is 468 g/mol. The molecule has 1 N–H and O–H groups in total. The van der Waals surface area contributed by atoms with E-state index in [0.29, 0.717) is 36.3 Å². The number of carbonyl (C=O) groups is 1. The zero-order valence-corrected chi connectivity index (χ0v) is 19.5. The van der Waals surface area contributed by atoms with Crippen LogP contribution in [0, 0.1) is 6.92 Å². The number of halogens is 1. The summed E-state index contributed by atoms with van der Waals surface area (Å²) >= 11 is 6.00. The molecule has 0 amide bonds. The number of methoxy groups -OCH3 is 1. The lowest BCUT2D eigenvalue weighted by molar-refractivity contribution is 0.0595. The first kappa shape index (κ1) is 21.9. The fourth-order valence-corrected chi connectivity index (χ4v) is 5.13. The lowest BCUT2D eigenvalue weighted by atomic mass is 9.85. The molecule has 8 nitrogen and oxygen atoms in total. The number of carbonyl (C=O) groups excluding carboxylic acids is 1. The summed E-state index contributed by atoms with van der Waals surface area (Å²) in [5.74, 6) is 0.233. The highest BCUT2D eigenvalue weighted by molar-refractivity contribution is 6.29. The van der Waals surface area contributed by atoms with Gasteiger partial charge in [0.1, 0.15) is 11.0 Å². The molecule has 33 heavy (non-hydrogen) atoms. The van der Waals surface area contributed by atoms with Crippen molar-refractivity contribution in [2.75, 3.05) is 25.6 Å². The highest BCUT2D eigenvalue weighted by Gasteiger charge is 2.44. The molecule has 0 radical (unpaired) electrons. The molecule has 1 fully saturated rings. The fourth-order valence-electron chi connectivity index (χ4n) is 4.98. The minimum absolute atomic E-state index is 0.0145. The summed E-state index contributed by atoms with van der Waals surface area (Å²) in [7, 11) is 1.30. The average molecular weight is 469 g/mol. The molecule has 1 spiro atoms. The van der Waals surface area contributed by atoms with Crippen molar-refractivity contribution in [1.29, 1.82) is 0 Å². The minimum atomic E-state index is -0.585. The Morgan fingerprint density at radius 3 is 2.85 bits per heavy atom. The number of nitrogens with one attached hydrogen (secondary N) is 1. The van der Waals surface area contributed by atoms with Gasteiger partial charge >= 0.3 is 5.97 Å². The molecule has 1 saturated heterocycles. The van der Waals surface area contributed by atoms with Crippen LogP contribution in [0.3, 0.4) is 0 Å². The van der Waals surface area contributed by atoms with Gasteiger partial charge < -0.3 is 14.8 Å². The maximum absolute atomic E-state index is 13.4. The Morgan fingerprint density at radius 1 is 1.30 bits per heavy atom. The van der Waals surface area contributed by atoms with E-state index in [9.17, 15) is 9.59 Å². The number of esters is 1. The van der Waals surface area contributed by atoms with Crippen LogP contribution in [0.1, 0.15) is 53.2 Å². The van der Waals surface area contributed by atoms with Gasteiger partial charge in [0.15, 0.2) is 5.69 Å². The molecule has 2 aliphatic rings. The first-order chi connectivity index (χ1) is 15.8. The third-order valence-electron chi connectivity index (χ3n) is 6.70. The highest BCUT2D eigenvalue weighted by atomic mass is 35.5. The van der Waals surface area contributed by atoms with Gasteiger partial charge in [-0.25, -0.2) is 14.8 Å². The van der Waals surface area contributed by atoms with Crippen molar-refractivity contribution in [2.24, 2.45) is 0 Å². The fraction of sp³-hybridized carbons (Fsp3) is 0.417. The molecule has 0 bridgehead atoms. The molecular weight excluding hydrogens is 444 g/mol. The number of aromatic nitrogens is 3. The first-order valence-corrected chi connectivity index (χ1v) is 11.4. The zero-order valence-electron chi connectivity index (χ0n) is 18.8. The smallest absolute Gasteiger partial charge is 0.358 e. The Kier molecular flexibility index (Phi) is 5.37. The van der Waals surface area contributed by atoms with E-state index in [2.05, 4.69) is 10.3 Å². The van der Waals surface area contributed by atoms with E-state index in [4.69, 9.17) is 26.1 Å².